The Morgan fingerprint density at radius 2 is 2.25 bits per heavy atom. The highest BCUT2D eigenvalue weighted by Crippen LogP contribution is 2.31. The van der Waals surface area contributed by atoms with E-state index in [0.29, 0.717) is 5.92 Å². The van der Waals surface area contributed by atoms with Crippen molar-refractivity contribution < 1.29 is 5.11 Å². The lowest BCUT2D eigenvalue weighted by atomic mass is 9.94. The first-order valence-electron chi connectivity index (χ1n) is 7.18. The normalized spacial score (nSPS) is 19.5. The molecule has 1 aliphatic heterocycles. The fraction of sp³-hybridized carbons (Fsp3) is 0.438. The molecule has 0 saturated carbocycles. The van der Waals surface area contributed by atoms with Gasteiger partial charge in [-0.15, -0.1) is 0 Å². The summed E-state index contributed by atoms with van der Waals surface area (Å²) in [5.41, 5.74) is 2.17. The van der Waals surface area contributed by atoms with Crippen LogP contribution in [-0.2, 0) is 0 Å². The zero-order valence-electron chi connectivity index (χ0n) is 11.4. The van der Waals surface area contributed by atoms with Gasteiger partial charge in [-0.3, -0.25) is 4.98 Å². The molecule has 2 aromatic rings. The second-order valence-electron chi connectivity index (χ2n) is 5.46. The summed E-state index contributed by atoms with van der Waals surface area (Å²) in [5, 5.41) is 11.0. The number of hydrogen-bond donors (Lipinski definition) is 1. The van der Waals surface area contributed by atoms with Crippen LogP contribution in [0, 0.1) is 5.92 Å². The Morgan fingerprint density at radius 3 is 3.10 bits per heavy atom. The molecular weight excluding hydrogens is 272 g/mol. The van der Waals surface area contributed by atoms with Gasteiger partial charge in [0.2, 0.25) is 0 Å². The molecule has 1 aromatic heterocycles. The van der Waals surface area contributed by atoms with E-state index in [-0.39, 0.29) is 6.61 Å². The standard InChI is InChI=1S/C16H19ClN2O/c17-13-3-4-14-15(10-13)18-7-5-16(14)19-8-1-2-12(11-19)6-9-20/h3-5,7,10,12,20H,1-2,6,8-9,11H2. The fourth-order valence-corrected chi connectivity index (χ4v) is 3.25. The van der Waals surface area contributed by atoms with Crippen molar-refractivity contribution in [2.75, 3.05) is 24.6 Å². The highest BCUT2D eigenvalue weighted by molar-refractivity contribution is 6.31. The number of aliphatic hydroxyl groups excluding tert-OH is 1. The molecule has 1 fully saturated rings. The third kappa shape index (κ3) is 2.74. The molecule has 0 amide bonds. The third-order valence-corrected chi connectivity index (χ3v) is 4.31. The molecule has 1 unspecified atom stereocenters. The lowest BCUT2D eigenvalue weighted by molar-refractivity contribution is 0.244. The van der Waals surface area contributed by atoms with Crippen molar-refractivity contribution in [3.63, 3.8) is 0 Å². The molecule has 0 radical (unpaired) electrons. The lowest BCUT2D eigenvalue weighted by Crippen LogP contribution is -2.35. The van der Waals surface area contributed by atoms with Crippen LogP contribution in [0.2, 0.25) is 5.02 Å². The van der Waals surface area contributed by atoms with Crippen molar-refractivity contribution in [2.45, 2.75) is 19.3 Å². The lowest BCUT2D eigenvalue weighted by Gasteiger charge is -2.34. The van der Waals surface area contributed by atoms with Crippen LogP contribution >= 0.6 is 11.6 Å². The van der Waals surface area contributed by atoms with E-state index in [2.05, 4.69) is 22.0 Å². The van der Waals surface area contributed by atoms with Gasteiger partial charge in [0.05, 0.1) is 5.52 Å². The fourth-order valence-electron chi connectivity index (χ4n) is 3.08. The number of nitrogens with zero attached hydrogens (tertiary/aromatic N) is 2. The van der Waals surface area contributed by atoms with E-state index in [1.54, 1.807) is 0 Å². The number of hydrogen-bond acceptors (Lipinski definition) is 3. The molecule has 4 heteroatoms. The predicted molar refractivity (Wildman–Crippen MR) is 83.4 cm³/mol. The summed E-state index contributed by atoms with van der Waals surface area (Å²) in [6.45, 7) is 2.37. The van der Waals surface area contributed by atoms with Crippen LogP contribution in [0.15, 0.2) is 30.5 Å². The van der Waals surface area contributed by atoms with Crippen LogP contribution in [0.3, 0.4) is 0 Å². The molecule has 1 aromatic carbocycles. The maximum atomic E-state index is 9.13. The minimum absolute atomic E-state index is 0.283. The number of rotatable bonds is 3. The van der Waals surface area contributed by atoms with Gasteiger partial charge >= 0.3 is 0 Å². The van der Waals surface area contributed by atoms with Crippen LogP contribution in [0.25, 0.3) is 10.9 Å². The van der Waals surface area contributed by atoms with Gasteiger partial charge in [-0.2, -0.15) is 0 Å². The summed E-state index contributed by atoms with van der Waals surface area (Å²) in [7, 11) is 0. The van der Waals surface area contributed by atoms with E-state index < -0.39 is 0 Å². The number of anilines is 1. The van der Waals surface area contributed by atoms with Crippen LogP contribution in [0.4, 0.5) is 5.69 Å². The Balaban J connectivity index is 1.93. The summed E-state index contributed by atoms with van der Waals surface area (Å²) >= 11 is 6.04. The summed E-state index contributed by atoms with van der Waals surface area (Å²) in [5.74, 6) is 0.587. The quantitative estimate of drug-likeness (QED) is 0.940. The summed E-state index contributed by atoms with van der Waals surface area (Å²) in [6, 6.07) is 7.97. The van der Waals surface area contributed by atoms with Gasteiger partial charge in [0.25, 0.3) is 0 Å². The number of halogens is 1. The van der Waals surface area contributed by atoms with Gasteiger partial charge in [0, 0.05) is 42.0 Å². The van der Waals surface area contributed by atoms with Crippen molar-refractivity contribution in [2.24, 2.45) is 5.92 Å². The van der Waals surface area contributed by atoms with Crippen molar-refractivity contribution in [1.82, 2.24) is 4.98 Å². The van der Waals surface area contributed by atoms with Crippen LogP contribution < -0.4 is 4.90 Å². The SMILES string of the molecule is OCCC1CCCN(c2ccnc3cc(Cl)ccc23)C1. The molecule has 0 aliphatic carbocycles. The van der Waals surface area contributed by atoms with Crippen LogP contribution in [0.1, 0.15) is 19.3 Å². The van der Waals surface area contributed by atoms with Crippen molar-refractivity contribution >= 4 is 28.2 Å². The van der Waals surface area contributed by atoms with Gasteiger partial charge in [0.15, 0.2) is 0 Å². The molecule has 20 heavy (non-hydrogen) atoms. The number of aromatic nitrogens is 1. The Hall–Kier alpha value is -1.32. The third-order valence-electron chi connectivity index (χ3n) is 4.08. The Kier molecular flexibility index (Phi) is 4.08. The van der Waals surface area contributed by atoms with Gasteiger partial charge in [0.1, 0.15) is 0 Å². The molecule has 1 aliphatic rings. The zero-order chi connectivity index (χ0) is 13.9. The second kappa shape index (κ2) is 5.98. The van der Waals surface area contributed by atoms with Gasteiger partial charge in [-0.05, 0) is 49.4 Å². The number of fused-ring (bicyclic) bond motifs is 1. The molecule has 3 rings (SSSR count). The van der Waals surface area contributed by atoms with Crippen molar-refractivity contribution in [1.29, 1.82) is 0 Å². The largest absolute Gasteiger partial charge is 0.396 e. The predicted octanol–water partition coefficient (Wildman–Crippen LogP) is 3.49. The molecular formula is C16H19ClN2O. The van der Waals surface area contributed by atoms with E-state index in [9.17, 15) is 0 Å². The first kappa shape index (κ1) is 13.7. The first-order chi connectivity index (χ1) is 9.78. The average molecular weight is 291 g/mol. The Labute approximate surface area is 124 Å². The maximum Gasteiger partial charge on any atom is 0.0737 e. The molecule has 3 nitrogen and oxygen atoms in total. The first-order valence-corrected chi connectivity index (χ1v) is 7.56. The van der Waals surface area contributed by atoms with E-state index in [4.69, 9.17) is 16.7 Å². The van der Waals surface area contributed by atoms with Crippen LogP contribution in [-0.4, -0.2) is 29.8 Å². The van der Waals surface area contributed by atoms with Gasteiger partial charge < -0.3 is 10.0 Å². The zero-order valence-corrected chi connectivity index (χ0v) is 12.2. The topological polar surface area (TPSA) is 36.4 Å². The monoisotopic (exact) mass is 290 g/mol. The van der Waals surface area contributed by atoms with Crippen molar-refractivity contribution in [3.05, 3.63) is 35.5 Å². The minimum Gasteiger partial charge on any atom is -0.396 e. The van der Waals surface area contributed by atoms with E-state index in [1.807, 2.05) is 18.3 Å². The summed E-state index contributed by atoms with van der Waals surface area (Å²) in [6.07, 6.45) is 5.14. The summed E-state index contributed by atoms with van der Waals surface area (Å²) in [4.78, 5) is 6.82. The molecule has 1 atom stereocenters. The Morgan fingerprint density at radius 1 is 1.35 bits per heavy atom. The van der Waals surface area contributed by atoms with Crippen LogP contribution in [0.5, 0.6) is 0 Å². The highest BCUT2D eigenvalue weighted by atomic mass is 35.5. The molecule has 0 spiro atoms. The number of pyridine rings is 1. The van der Waals surface area contributed by atoms with Crippen molar-refractivity contribution in [3.8, 4) is 0 Å². The molecule has 2 heterocycles. The Bertz CT molecular complexity index is 600. The smallest absolute Gasteiger partial charge is 0.0737 e. The molecule has 0 bridgehead atoms. The average Bonchev–Trinajstić information content (AvgIpc) is 2.47. The number of aliphatic hydroxyl groups is 1. The van der Waals surface area contributed by atoms with E-state index >= 15 is 0 Å². The van der Waals surface area contributed by atoms with Gasteiger partial charge in [-0.1, -0.05) is 11.6 Å². The summed E-state index contributed by atoms with van der Waals surface area (Å²) < 4.78 is 0. The van der Waals surface area contributed by atoms with Gasteiger partial charge in [-0.25, -0.2) is 0 Å². The maximum absolute atomic E-state index is 9.13. The minimum atomic E-state index is 0.283. The number of benzene rings is 1. The molecule has 1 saturated heterocycles. The van der Waals surface area contributed by atoms with E-state index in [1.165, 1.54) is 18.5 Å². The molecule has 106 valence electrons. The highest BCUT2D eigenvalue weighted by Gasteiger charge is 2.21. The van der Waals surface area contributed by atoms with E-state index in [0.717, 1.165) is 35.4 Å². The molecule has 1 N–H and O–H groups in total. The number of piperidine rings is 1. The second-order valence-corrected chi connectivity index (χ2v) is 5.89.